The number of nitrogens with zero attached hydrogens (tertiary/aromatic N) is 1. The van der Waals surface area contributed by atoms with E-state index in [0.717, 1.165) is 10.5 Å². The maximum absolute atomic E-state index is 13.2. The van der Waals surface area contributed by atoms with Crippen LogP contribution in [0.1, 0.15) is 43.6 Å². The molecule has 0 saturated heterocycles. The first-order valence-electron chi connectivity index (χ1n) is 8.85. The Balaban J connectivity index is 2.43. The Hall–Kier alpha value is -2.95. The van der Waals surface area contributed by atoms with E-state index in [-0.39, 0.29) is 12.2 Å². The molecule has 1 atom stereocenters. The zero-order valence-corrected chi connectivity index (χ0v) is 16.1. The molecule has 142 valence electrons. The molecule has 1 unspecified atom stereocenters. The van der Waals surface area contributed by atoms with E-state index >= 15 is 0 Å². The molecule has 5 nitrogen and oxygen atoms in total. The van der Waals surface area contributed by atoms with Crippen LogP contribution in [0.25, 0.3) is 0 Å². The monoisotopic (exact) mass is 367 g/mol. The first-order chi connectivity index (χ1) is 12.7. The van der Waals surface area contributed by atoms with Crippen LogP contribution in [0.5, 0.6) is 0 Å². The van der Waals surface area contributed by atoms with Crippen LogP contribution in [0.4, 0.5) is 4.79 Å². The molecule has 0 radical (unpaired) electrons. The number of Topliss-reactive ketones (excluding diaryl/α,β-unsaturated/α-hetero) is 1. The lowest BCUT2D eigenvalue weighted by molar-refractivity contribution is -0.129. The Morgan fingerprint density at radius 1 is 0.926 bits per heavy atom. The largest absolute Gasteiger partial charge is 0.443 e. The fraction of sp³-hybridized carbons (Fsp3) is 0.318. The molecule has 0 saturated carbocycles. The van der Waals surface area contributed by atoms with Crippen LogP contribution >= 0.6 is 0 Å². The van der Waals surface area contributed by atoms with Gasteiger partial charge in [0.25, 0.3) is 0 Å². The summed E-state index contributed by atoms with van der Waals surface area (Å²) >= 11 is 0. The number of ketones is 1. The van der Waals surface area contributed by atoms with Crippen LogP contribution in [0, 0.1) is 0 Å². The molecule has 0 spiro atoms. The number of imide groups is 1. The third-order valence-electron chi connectivity index (χ3n) is 3.87. The van der Waals surface area contributed by atoms with E-state index in [9.17, 15) is 14.4 Å². The van der Waals surface area contributed by atoms with Crippen molar-refractivity contribution in [3.05, 3.63) is 71.8 Å². The van der Waals surface area contributed by atoms with Gasteiger partial charge in [0.2, 0.25) is 5.91 Å². The lowest BCUT2D eigenvalue weighted by Gasteiger charge is -2.31. The highest BCUT2D eigenvalue weighted by molar-refractivity contribution is 6.05. The summed E-state index contributed by atoms with van der Waals surface area (Å²) in [7, 11) is 0. The summed E-state index contributed by atoms with van der Waals surface area (Å²) in [4.78, 5) is 39.1. The van der Waals surface area contributed by atoms with Crippen molar-refractivity contribution in [2.75, 3.05) is 0 Å². The molecule has 5 heteroatoms. The second-order valence-corrected chi connectivity index (χ2v) is 7.31. The molecule has 0 aliphatic heterocycles. The van der Waals surface area contributed by atoms with Crippen molar-refractivity contribution in [2.45, 2.75) is 45.8 Å². The summed E-state index contributed by atoms with van der Waals surface area (Å²) in [6, 6.07) is 17.0. The highest BCUT2D eigenvalue weighted by Crippen LogP contribution is 2.19. The van der Waals surface area contributed by atoms with Crippen molar-refractivity contribution >= 4 is 17.8 Å². The number of hydrogen-bond donors (Lipinski definition) is 0. The van der Waals surface area contributed by atoms with E-state index in [4.69, 9.17) is 4.74 Å². The molecular formula is C22H25NO4. The van der Waals surface area contributed by atoms with E-state index < -0.39 is 23.6 Å². The fourth-order valence-electron chi connectivity index (χ4n) is 2.72. The zero-order chi connectivity index (χ0) is 20.0. The maximum atomic E-state index is 13.2. The van der Waals surface area contributed by atoms with Crippen molar-refractivity contribution in [3.8, 4) is 0 Å². The average Bonchev–Trinajstić information content (AvgIpc) is 2.60. The van der Waals surface area contributed by atoms with Gasteiger partial charge in [-0.05, 0) is 26.3 Å². The number of amides is 2. The van der Waals surface area contributed by atoms with Crippen molar-refractivity contribution in [1.29, 1.82) is 0 Å². The van der Waals surface area contributed by atoms with E-state index in [1.54, 1.807) is 51.1 Å². The zero-order valence-electron chi connectivity index (χ0n) is 16.1. The number of benzene rings is 2. The van der Waals surface area contributed by atoms with Gasteiger partial charge in [-0.15, -0.1) is 0 Å². The quantitative estimate of drug-likeness (QED) is 0.741. The number of hydrogen-bond acceptors (Lipinski definition) is 4. The predicted molar refractivity (Wildman–Crippen MR) is 103 cm³/mol. The molecule has 2 aromatic carbocycles. The molecule has 2 amide bonds. The van der Waals surface area contributed by atoms with Crippen molar-refractivity contribution < 1.29 is 19.1 Å². The van der Waals surface area contributed by atoms with Gasteiger partial charge in [0.1, 0.15) is 11.6 Å². The van der Waals surface area contributed by atoms with Gasteiger partial charge in [-0.1, -0.05) is 60.7 Å². The van der Waals surface area contributed by atoms with E-state index in [0.29, 0.717) is 5.56 Å². The molecular weight excluding hydrogens is 342 g/mol. The summed E-state index contributed by atoms with van der Waals surface area (Å²) in [5, 5.41) is 0. The number of carbonyl (C=O) groups is 3. The molecule has 27 heavy (non-hydrogen) atoms. The molecule has 2 rings (SSSR count). The van der Waals surface area contributed by atoms with Crippen LogP contribution < -0.4 is 0 Å². The summed E-state index contributed by atoms with van der Waals surface area (Å²) < 4.78 is 5.38. The minimum Gasteiger partial charge on any atom is -0.443 e. The summed E-state index contributed by atoms with van der Waals surface area (Å²) in [6.45, 7) is 6.41. The van der Waals surface area contributed by atoms with E-state index in [1.807, 2.05) is 30.3 Å². The molecule has 0 fully saturated rings. The van der Waals surface area contributed by atoms with Gasteiger partial charge < -0.3 is 4.74 Å². The van der Waals surface area contributed by atoms with Crippen LogP contribution in [-0.4, -0.2) is 34.3 Å². The van der Waals surface area contributed by atoms with Crippen molar-refractivity contribution in [1.82, 2.24) is 4.90 Å². The van der Waals surface area contributed by atoms with Crippen LogP contribution in [0.15, 0.2) is 60.7 Å². The normalized spacial score (nSPS) is 12.1. The van der Waals surface area contributed by atoms with Crippen molar-refractivity contribution in [2.24, 2.45) is 0 Å². The average molecular weight is 367 g/mol. The second-order valence-electron chi connectivity index (χ2n) is 7.31. The van der Waals surface area contributed by atoms with Crippen LogP contribution in [-0.2, 0) is 16.0 Å². The Morgan fingerprint density at radius 2 is 1.44 bits per heavy atom. The Morgan fingerprint density at radius 3 is 1.93 bits per heavy atom. The topological polar surface area (TPSA) is 63.7 Å². The van der Waals surface area contributed by atoms with E-state index in [1.165, 1.54) is 6.92 Å². The summed E-state index contributed by atoms with van der Waals surface area (Å²) in [5.74, 6) is -0.838. The minimum atomic E-state index is -0.984. The molecule has 2 aromatic rings. The van der Waals surface area contributed by atoms with Gasteiger partial charge >= 0.3 is 6.09 Å². The summed E-state index contributed by atoms with van der Waals surface area (Å²) in [5.41, 5.74) is 0.507. The predicted octanol–water partition coefficient (Wildman–Crippen LogP) is 4.26. The van der Waals surface area contributed by atoms with E-state index in [2.05, 4.69) is 0 Å². The SMILES string of the molecule is CC(=O)N(C(=O)OC(C)(C)C)C(Cc1ccccc1)C(=O)c1ccccc1. The van der Waals surface area contributed by atoms with Gasteiger partial charge in [-0.2, -0.15) is 0 Å². The fourth-order valence-corrected chi connectivity index (χ4v) is 2.72. The number of rotatable bonds is 5. The third-order valence-corrected chi connectivity index (χ3v) is 3.87. The smallest absolute Gasteiger partial charge is 0.417 e. The first-order valence-corrected chi connectivity index (χ1v) is 8.85. The van der Waals surface area contributed by atoms with Crippen LogP contribution in [0.3, 0.4) is 0 Å². The Kier molecular flexibility index (Phi) is 6.50. The molecule has 0 heterocycles. The molecule has 0 aliphatic rings. The third kappa shape index (κ3) is 5.78. The molecule has 0 bridgehead atoms. The highest BCUT2D eigenvalue weighted by Gasteiger charge is 2.36. The lowest BCUT2D eigenvalue weighted by Crippen LogP contribution is -2.50. The van der Waals surface area contributed by atoms with Gasteiger partial charge in [0.15, 0.2) is 5.78 Å². The second kappa shape index (κ2) is 8.62. The van der Waals surface area contributed by atoms with Gasteiger partial charge in [0.05, 0.1) is 0 Å². The minimum absolute atomic E-state index is 0.216. The maximum Gasteiger partial charge on any atom is 0.417 e. The first kappa shape index (κ1) is 20.4. The lowest BCUT2D eigenvalue weighted by atomic mass is 9.96. The van der Waals surface area contributed by atoms with Gasteiger partial charge in [-0.25, -0.2) is 9.69 Å². The number of carbonyl (C=O) groups excluding carboxylic acids is 3. The molecule has 0 aromatic heterocycles. The summed E-state index contributed by atoms with van der Waals surface area (Å²) in [6.07, 6.45) is -0.604. The van der Waals surface area contributed by atoms with Crippen LogP contribution in [0.2, 0.25) is 0 Å². The standard InChI is InChI=1S/C22H25NO4/c1-16(24)23(21(26)27-22(2,3)4)19(15-17-11-7-5-8-12-17)20(25)18-13-9-6-10-14-18/h5-14,19H,15H2,1-4H3. The molecule has 0 aliphatic carbocycles. The Labute approximate surface area is 159 Å². The highest BCUT2D eigenvalue weighted by atomic mass is 16.6. The Bertz CT molecular complexity index is 794. The van der Waals surface area contributed by atoms with Crippen molar-refractivity contribution in [3.63, 3.8) is 0 Å². The van der Waals surface area contributed by atoms with Gasteiger partial charge in [0, 0.05) is 18.9 Å². The van der Waals surface area contributed by atoms with Gasteiger partial charge in [-0.3, -0.25) is 9.59 Å². The number of ether oxygens (including phenoxy) is 1. The molecule has 0 N–H and O–H groups in total.